The number of aliphatic hydroxyl groups is 2. The molecule has 0 bridgehead atoms. The second kappa shape index (κ2) is 8.82. The van der Waals surface area contributed by atoms with E-state index in [1.54, 1.807) is 16.2 Å². The van der Waals surface area contributed by atoms with Crippen LogP contribution < -0.4 is 11.4 Å². The highest BCUT2D eigenvalue weighted by Gasteiger charge is 2.48. The predicted octanol–water partition coefficient (Wildman–Crippen LogP) is -0.759. The van der Waals surface area contributed by atoms with E-state index < -0.39 is 36.1 Å². The summed E-state index contributed by atoms with van der Waals surface area (Å²) in [5, 5.41) is 22.9. The van der Waals surface area contributed by atoms with Crippen molar-refractivity contribution in [3.63, 3.8) is 0 Å². The number of rotatable bonds is 4. The van der Waals surface area contributed by atoms with Crippen molar-refractivity contribution in [2.45, 2.75) is 37.5 Å². The van der Waals surface area contributed by atoms with Gasteiger partial charge in [0, 0.05) is 43.8 Å². The third-order valence-electron chi connectivity index (χ3n) is 5.47. The van der Waals surface area contributed by atoms with E-state index in [1.165, 1.54) is 17.1 Å². The normalized spacial score (nSPS) is 27.9. The minimum atomic E-state index is -1.45. The Kier molecular flexibility index (Phi) is 6.16. The molecule has 0 radical (unpaired) electrons. The van der Waals surface area contributed by atoms with E-state index in [0.717, 1.165) is 24.1 Å². The molecule has 2 aliphatic rings. The van der Waals surface area contributed by atoms with Crippen LogP contribution in [0.5, 0.6) is 0 Å². The summed E-state index contributed by atoms with van der Waals surface area (Å²) >= 11 is 1.71. The number of aliphatic hydroxyl groups excluding tert-OH is 2. The van der Waals surface area contributed by atoms with Gasteiger partial charge in [-0.2, -0.15) is 4.98 Å². The highest BCUT2D eigenvalue weighted by atomic mass is 32.1. The predicted molar refractivity (Wildman–Crippen MR) is 110 cm³/mol. The first-order chi connectivity index (χ1) is 14.4. The molecule has 4 rings (SSSR count). The largest absolute Gasteiger partial charge is 0.387 e. The fourth-order valence-corrected chi connectivity index (χ4v) is 4.61. The van der Waals surface area contributed by atoms with Crippen molar-refractivity contribution >= 4 is 23.1 Å². The summed E-state index contributed by atoms with van der Waals surface area (Å²) in [5.74, 6) is -0.355. The van der Waals surface area contributed by atoms with Crippen LogP contribution in [0.25, 0.3) is 0 Å². The number of thiophene rings is 1. The maximum Gasteiger partial charge on any atom is 0.351 e. The van der Waals surface area contributed by atoms with Gasteiger partial charge >= 0.3 is 5.69 Å². The lowest BCUT2D eigenvalue weighted by molar-refractivity contribution is -0.148. The van der Waals surface area contributed by atoms with E-state index in [-0.39, 0.29) is 5.82 Å². The molecule has 11 heteroatoms. The lowest BCUT2D eigenvalue weighted by atomic mass is 10.1. The molecular formula is C19H25N5O5S. The van der Waals surface area contributed by atoms with E-state index in [1.807, 2.05) is 11.4 Å². The van der Waals surface area contributed by atoms with E-state index in [4.69, 9.17) is 10.5 Å². The van der Waals surface area contributed by atoms with Gasteiger partial charge in [-0.3, -0.25) is 14.3 Å². The monoisotopic (exact) mass is 435 g/mol. The molecule has 2 aliphatic heterocycles. The molecule has 0 saturated carbocycles. The van der Waals surface area contributed by atoms with Crippen LogP contribution in [0.2, 0.25) is 0 Å². The van der Waals surface area contributed by atoms with Crippen LogP contribution in [0.4, 0.5) is 5.82 Å². The first-order valence-corrected chi connectivity index (χ1v) is 10.7. The third kappa shape index (κ3) is 4.25. The van der Waals surface area contributed by atoms with E-state index in [2.05, 4.69) is 16.0 Å². The molecule has 0 aromatic carbocycles. The van der Waals surface area contributed by atoms with Gasteiger partial charge in [0.15, 0.2) is 12.3 Å². The molecule has 10 nitrogen and oxygen atoms in total. The molecule has 0 spiro atoms. The van der Waals surface area contributed by atoms with Crippen molar-refractivity contribution in [3.05, 3.63) is 45.1 Å². The quantitative estimate of drug-likeness (QED) is 0.571. The maximum absolute atomic E-state index is 13.0. The standard InChI is InChI=1S/C19H25N5O5S/c20-13-4-7-24(19(28)21-13)18-15(26)14(25)16(29-18)17(27)23-6-2-5-22(8-9-23)11-12-3-1-10-30-12/h1,3-4,7,10,14-16,18,25-26H,2,5-6,8-9,11H2,(H2,20,21,28)/t14-,15+,16-,18+/m0/s1. The summed E-state index contributed by atoms with van der Waals surface area (Å²) in [6.45, 7) is 3.46. The third-order valence-corrected chi connectivity index (χ3v) is 6.33. The topological polar surface area (TPSA) is 134 Å². The van der Waals surface area contributed by atoms with Crippen molar-refractivity contribution in [2.75, 3.05) is 31.9 Å². The van der Waals surface area contributed by atoms with E-state index in [0.29, 0.717) is 19.6 Å². The molecule has 2 aromatic heterocycles. The number of carbonyl (C=O) groups is 1. The number of nitrogen functional groups attached to an aromatic ring is 1. The molecule has 2 aromatic rings. The van der Waals surface area contributed by atoms with Crippen LogP contribution in [0.3, 0.4) is 0 Å². The van der Waals surface area contributed by atoms with Gasteiger partial charge in [-0.1, -0.05) is 6.07 Å². The van der Waals surface area contributed by atoms with Crippen molar-refractivity contribution in [2.24, 2.45) is 0 Å². The van der Waals surface area contributed by atoms with Crippen molar-refractivity contribution in [1.29, 1.82) is 0 Å². The summed E-state index contributed by atoms with van der Waals surface area (Å²) in [6.07, 6.45) is -3.23. The first-order valence-electron chi connectivity index (χ1n) is 9.84. The number of amides is 1. The SMILES string of the molecule is Nc1ccn([C@@H]2O[C@H](C(=O)N3CCCN(Cc4cccs4)CC3)[C@@H](O)[C@H]2O)c(=O)n1. The molecule has 4 N–H and O–H groups in total. The van der Waals surface area contributed by atoms with Gasteiger partial charge < -0.3 is 25.6 Å². The van der Waals surface area contributed by atoms with Crippen LogP contribution in [-0.2, 0) is 16.1 Å². The van der Waals surface area contributed by atoms with Crippen LogP contribution in [0, 0.1) is 0 Å². The molecule has 30 heavy (non-hydrogen) atoms. The van der Waals surface area contributed by atoms with Gasteiger partial charge in [0.25, 0.3) is 5.91 Å². The maximum atomic E-state index is 13.0. The number of ether oxygens (including phenoxy) is 1. The molecule has 0 aliphatic carbocycles. The average molecular weight is 436 g/mol. The van der Waals surface area contributed by atoms with Gasteiger partial charge in [0.1, 0.15) is 18.0 Å². The Morgan fingerprint density at radius 3 is 2.80 bits per heavy atom. The number of nitrogens with zero attached hydrogens (tertiary/aromatic N) is 4. The molecule has 0 unspecified atom stereocenters. The zero-order valence-electron chi connectivity index (χ0n) is 16.3. The Balaban J connectivity index is 1.42. The van der Waals surface area contributed by atoms with E-state index >= 15 is 0 Å². The summed E-state index contributed by atoms with van der Waals surface area (Å²) < 4.78 is 6.67. The number of hydrogen-bond acceptors (Lipinski definition) is 9. The summed E-state index contributed by atoms with van der Waals surface area (Å²) in [6, 6.07) is 5.50. The average Bonchev–Trinajstić information content (AvgIpc) is 3.24. The lowest BCUT2D eigenvalue weighted by Gasteiger charge is -2.25. The zero-order valence-corrected chi connectivity index (χ0v) is 17.1. The second-order valence-corrected chi connectivity index (χ2v) is 8.54. The summed E-state index contributed by atoms with van der Waals surface area (Å²) in [5.41, 5.74) is 4.76. The van der Waals surface area contributed by atoms with Crippen LogP contribution >= 0.6 is 11.3 Å². The minimum Gasteiger partial charge on any atom is -0.387 e. The molecule has 4 heterocycles. The van der Waals surface area contributed by atoms with Crippen molar-refractivity contribution in [1.82, 2.24) is 19.4 Å². The number of aromatic nitrogens is 2. The summed E-state index contributed by atoms with van der Waals surface area (Å²) in [7, 11) is 0. The Labute approximate surface area is 177 Å². The van der Waals surface area contributed by atoms with Crippen LogP contribution in [0.15, 0.2) is 34.6 Å². The Morgan fingerprint density at radius 2 is 2.07 bits per heavy atom. The zero-order chi connectivity index (χ0) is 21.3. The van der Waals surface area contributed by atoms with E-state index in [9.17, 15) is 19.8 Å². The van der Waals surface area contributed by atoms with Gasteiger partial charge in [-0.25, -0.2) is 4.79 Å². The Bertz CT molecular complexity index is 936. The van der Waals surface area contributed by atoms with Gasteiger partial charge in [-0.15, -0.1) is 11.3 Å². The highest BCUT2D eigenvalue weighted by molar-refractivity contribution is 7.09. The fourth-order valence-electron chi connectivity index (χ4n) is 3.87. The highest BCUT2D eigenvalue weighted by Crippen LogP contribution is 2.30. The Hall–Kier alpha value is -2.31. The number of hydrogen-bond donors (Lipinski definition) is 3. The molecular weight excluding hydrogens is 410 g/mol. The summed E-state index contributed by atoms with van der Waals surface area (Å²) in [4.78, 5) is 33.9. The molecule has 162 valence electrons. The van der Waals surface area contributed by atoms with Crippen molar-refractivity contribution < 1.29 is 19.7 Å². The van der Waals surface area contributed by atoms with Crippen molar-refractivity contribution in [3.8, 4) is 0 Å². The molecule has 2 fully saturated rings. The Morgan fingerprint density at radius 1 is 1.23 bits per heavy atom. The number of carbonyl (C=O) groups excluding carboxylic acids is 1. The van der Waals surface area contributed by atoms with Crippen LogP contribution in [0.1, 0.15) is 17.5 Å². The lowest BCUT2D eigenvalue weighted by Crippen LogP contribution is -2.46. The van der Waals surface area contributed by atoms with Gasteiger partial charge in [0.05, 0.1) is 0 Å². The van der Waals surface area contributed by atoms with Crippen LogP contribution in [-0.4, -0.2) is 80.0 Å². The minimum absolute atomic E-state index is 0.0357. The first kappa shape index (κ1) is 20.9. The molecule has 4 atom stereocenters. The molecule has 2 saturated heterocycles. The van der Waals surface area contributed by atoms with Gasteiger partial charge in [-0.05, 0) is 23.9 Å². The second-order valence-electron chi connectivity index (χ2n) is 7.51. The number of anilines is 1. The van der Waals surface area contributed by atoms with Gasteiger partial charge in [0.2, 0.25) is 0 Å². The fraction of sp³-hybridized carbons (Fsp3) is 0.526. The smallest absolute Gasteiger partial charge is 0.351 e. The number of nitrogens with two attached hydrogens (primary N) is 1. The molecule has 1 amide bonds.